The van der Waals surface area contributed by atoms with Gasteiger partial charge in [-0.2, -0.15) is 4.31 Å². The number of hydrogen-bond donors (Lipinski definition) is 0. The molecule has 2 amide bonds. The number of hydrogen-bond acceptors (Lipinski definition) is 5. The van der Waals surface area contributed by atoms with Crippen molar-refractivity contribution in [2.45, 2.75) is 31.1 Å². The normalized spacial score (nSPS) is 19.9. The van der Waals surface area contributed by atoms with Crippen molar-refractivity contribution in [3.05, 3.63) is 29.8 Å². The number of nitrogens with zero attached hydrogens (tertiary/aromatic N) is 2. The lowest BCUT2D eigenvalue weighted by Crippen LogP contribution is -2.54. The van der Waals surface area contributed by atoms with Gasteiger partial charge >= 0.3 is 6.09 Å². The predicted octanol–water partition coefficient (Wildman–Crippen LogP) is 1.58. The largest absolute Gasteiger partial charge is 0.439 e. The third-order valence-electron chi connectivity index (χ3n) is 4.56. The fourth-order valence-corrected chi connectivity index (χ4v) is 4.52. The molecule has 1 aromatic rings. The molecule has 2 saturated heterocycles. The molecule has 0 unspecified atom stereocenters. The van der Waals surface area contributed by atoms with Crippen LogP contribution in [0.1, 0.15) is 26.3 Å². The Kier molecular flexibility index (Phi) is 4.36. The van der Waals surface area contributed by atoms with Gasteiger partial charge in [0, 0.05) is 25.6 Å². The van der Waals surface area contributed by atoms with Crippen LogP contribution in [0.5, 0.6) is 0 Å². The van der Waals surface area contributed by atoms with Crippen molar-refractivity contribution in [1.29, 1.82) is 0 Å². The number of carbonyl (C=O) groups excluding carboxylic acids is 2. The van der Waals surface area contributed by atoms with Crippen molar-refractivity contribution in [3.63, 3.8) is 0 Å². The van der Waals surface area contributed by atoms with Gasteiger partial charge in [-0.15, -0.1) is 0 Å². The fraction of sp³-hybridized carbons (Fsp3) is 0.529. The highest BCUT2D eigenvalue weighted by Gasteiger charge is 2.41. The van der Waals surface area contributed by atoms with Gasteiger partial charge in [0.15, 0.2) is 6.61 Å². The second kappa shape index (κ2) is 6.10. The van der Waals surface area contributed by atoms with E-state index in [-0.39, 0.29) is 35.3 Å². The Morgan fingerprint density at radius 3 is 2.20 bits per heavy atom. The molecule has 0 radical (unpaired) electrons. The number of ether oxygens (including phenoxy) is 1. The van der Waals surface area contributed by atoms with Gasteiger partial charge in [-0.05, 0) is 23.1 Å². The lowest BCUT2D eigenvalue weighted by atomic mass is 9.87. The van der Waals surface area contributed by atoms with Crippen LogP contribution < -0.4 is 0 Å². The molecule has 7 nitrogen and oxygen atoms in total. The highest BCUT2D eigenvalue weighted by atomic mass is 32.2. The molecule has 0 N–H and O–H groups in total. The molecule has 0 saturated carbocycles. The minimum atomic E-state index is -3.54. The summed E-state index contributed by atoms with van der Waals surface area (Å²) in [5, 5.41) is 0. The highest BCUT2D eigenvalue weighted by Crippen LogP contribution is 2.28. The van der Waals surface area contributed by atoms with Gasteiger partial charge in [0.1, 0.15) is 0 Å². The molecule has 1 aromatic carbocycles. The summed E-state index contributed by atoms with van der Waals surface area (Å²) in [5.74, 6) is -0.428. The minimum Gasteiger partial charge on any atom is -0.439 e. The Labute approximate surface area is 147 Å². The number of imide groups is 1. The standard InChI is InChI=1S/C17H22N2O5S/c1-17(2,3)13-4-6-14(7-5-13)25(22,23)18-8-12(9-18)10-19-15(20)11-24-16(19)21/h4-7,12H,8-11H2,1-3H3. The van der Waals surface area contributed by atoms with E-state index in [1.54, 1.807) is 12.1 Å². The summed E-state index contributed by atoms with van der Waals surface area (Å²) in [4.78, 5) is 24.3. The Balaban J connectivity index is 1.63. The summed E-state index contributed by atoms with van der Waals surface area (Å²) < 4.78 is 31.3. The number of benzene rings is 1. The molecule has 0 atom stereocenters. The van der Waals surface area contributed by atoms with Crippen molar-refractivity contribution in [2.24, 2.45) is 5.92 Å². The molecule has 0 aromatic heterocycles. The summed E-state index contributed by atoms with van der Waals surface area (Å²) in [7, 11) is -3.54. The average molecular weight is 366 g/mol. The number of cyclic esters (lactones) is 1. The number of carbonyl (C=O) groups is 2. The lowest BCUT2D eigenvalue weighted by Gasteiger charge is -2.39. The van der Waals surface area contributed by atoms with Crippen molar-refractivity contribution < 1.29 is 22.7 Å². The van der Waals surface area contributed by atoms with E-state index in [0.717, 1.165) is 10.5 Å². The van der Waals surface area contributed by atoms with Crippen LogP contribution in [0.2, 0.25) is 0 Å². The van der Waals surface area contributed by atoms with E-state index in [2.05, 4.69) is 25.5 Å². The monoisotopic (exact) mass is 366 g/mol. The highest BCUT2D eigenvalue weighted by molar-refractivity contribution is 7.89. The predicted molar refractivity (Wildman–Crippen MR) is 90.5 cm³/mol. The summed E-state index contributed by atoms with van der Waals surface area (Å²) in [6.07, 6.45) is -0.649. The Morgan fingerprint density at radius 1 is 1.12 bits per heavy atom. The molecule has 0 aliphatic carbocycles. The molecule has 25 heavy (non-hydrogen) atoms. The third kappa shape index (κ3) is 3.41. The van der Waals surface area contributed by atoms with Gasteiger partial charge in [-0.1, -0.05) is 32.9 Å². The third-order valence-corrected chi connectivity index (χ3v) is 6.41. The first kappa shape index (κ1) is 17.9. The first-order chi connectivity index (χ1) is 11.6. The van der Waals surface area contributed by atoms with Gasteiger partial charge in [-0.25, -0.2) is 18.1 Å². The maximum Gasteiger partial charge on any atom is 0.417 e. The molecule has 2 aliphatic rings. The fourth-order valence-electron chi connectivity index (χ4n) is 2.93. The Bertz CT molecular complexity index is 773. The van der Waals surface area contributed by atoms with E-state index in [0.29, 0.717) is 13.1 Å². The van der Waals surface area contributed by atoms with E-state index < -0.39 is 16.1 Å². The SMILES string of the molecule is CC(C)(C)c1ccc(S(=O)(=O)N2CC(CN3C(=O)COC3=O)C2)cc1. The molecule has 2 fully saturated rings. The van der Waals surface area contributed by atoms with Crippen LogP contribution in [0.25, 0.3) is 0 Å². The molecular weight excluding hydrogens is 344 g/mol. The van der Waals surface area contributed by atoms with E-state index in [1.807, 2.05) is 12.1 Å². The molecule has 0 bridgehead atoms. The van der Waals surface area contributed by atoms with E-state index in [4.69, 9.17) is 0 Å². The van der Waals surface area contributed by atoms with Crippen LogP contribution in [0, 0.1) is 5.92 Å². The summed E-state index contributed by atoms with van der Waals surface area (Å²) in [5.41, 5.74) is 1.03. The molecule has 8 heteroatoms. The quantitative estimate of drug-likeness (QED) is 0.808. The van der Waals surface area contributed by atoms with Crippen molar-refractivity contribution >= 4 is 22.0 Å². The zero-order valence-electron chi connectivity index (χ0n) is 14.6. The smallest absolute Gasteiger partial charge is 0.417 e. The van der Waals surface area contributed by atoms with Crippen molar-refractivity contribution in [2.75, 3.05) is 26.2 Å². The number of amides is 2. The van der Waals surface area contributed by atoms with E-state index in [9.17, 15) is 18.0 Å². The summed E-state index contributed by atoms with van der Waals surface area (Å²) >= 11 is 0. The molecule has 136 valence electrons. The van der Waals surface area contributed by atoms with E-state index >= 15 is 0 Å². The molecule has 0 spiro atoms. The number of rotatable bonds is 4. The first-order valence-electron chi connectivity index (χ1n) is 8.17. The van der Waals surface area contributed by atoms with Gasteiger partial charge in [0.05, 0.1) is 4.90 Å². The average Bonchev–Trinajstić information content (AvgIpc) is 2.80. The Morgan fingerprint density at radius 2 is 1.72 bits per heavy atom. The molecular formula is C17H22N2O5S. The van der Waals surface area contributed by atoms with Crippen LogP contribution in [0.3, 0.4) is 0 Å². The minimum absolute atomic E-state index is 0.0407. The van der Waals surface area contributed by atoms with Crippen LogP contribution in [-0.4, -0.2) is 55.9 Å². The van der Waals surface area contributed by atoms with Gasteiger partial charge in [0.25, 0.3) is 5.91 Å². The second-order valence-electron chi connectivity index (χ2n) is 7.52. The van der Waals surface area contributed by atoms with Crippen LogP contribution in [0.4, 0.5) is 4.79 Å². The Hall–Kier alpha value is -1.93. The molecule has 3 rings (SSSR count). The lowest BCUT2D eigenvalue weighted by molar-refractivity contribution is -0.126. The summed E-state index contributed by atoms with van der Waals surface area (Å²) in [6.45, 7) is 6.77. The molecule has 2 heterocycles. The zero-order chi connectivity index (χ0) is 18.4. The zero-order valence-corrected chi connectivity index (χ0v) is 15.4. The van der Waals surface area contributed by atoms with Crippen molar-refractivity contribution in [3.8, 4) is 0 Å². The molecule has 2 aliphatic heterocycles. The van der Waals surface area contributed by atoms with Crippen molar-refractivity contribution in [1.82, 2.24) is 9.21 Å². The van der Waals surface area contributed by atoms with Crippen LogP contribution in [-0.2, 0) is 25.0 Å². The van der Waals surface area contributed by atoms with Gasteiger partial charge in [0.2, 0.25) is 10.0 Å². The topological polar surface area (TPSA) is 84.0 Å². The maximum absolute atomic E-state index is 12.6. The van der Waals surface area contributed by atoms with Gasteiger partial charge in [-0.3, -0.25) is 4.79 Å². The van der Waals surface area contributed by atoms with Crippen LogP contribution >= 0.6 is 0 Å². The van der Waals surface area contributed by atoms with Crippen LogP contribution in [0.15, 0.2) is 29.2 Å². The van der Waals surface area contributed by atoms with Gasteiger partial charge < -0.3 is 4.74 Å². The van der Waals surface area contributed by atoms with E-state index in [1.165, 1.54) is 4.31 Å². The number of sulfonamides is 1. The maximum atomic E-state index is 12.6. The second-order valence-corrected chi connectivity index (χ2v) is 9.46. The summed E-state index contributed by atoms with van der Waals surface area (Å²) in [6, 6.07) is 6.93. The first-order valence-corrected chi connectivity index (χ1v) is 9.61.